The van der Waals surface area contributed by atoms with E-state index in [0.717, 1.165) is 49.5 Å². The van der Waals surface area contributed by atoms with Crippen LogP contribution >= 0.6 is 0 Å². The van der Waals surface area contributed by atoms with Gasteiger partial charge >= 0.3 is 0 Å². The van der Waals surface area contributed by atoms with Crippen LogP contribution in [0.2, 0.25) is 0 Å². The first-order valence-electron chi connectivity index (χ1n) is 9.75. The average molecular weight is 360 g/mol. The molecular weight excluding hydrogens is 328 g/mol. The number of rotatable bonds is 5. The van der Waals surface area contributed by atoms with Gasteiger partial charge in [-0.2, -0.15) is 0 Å². The van der Waals surface area contributed by atoms with Crippen LogP contribution in [0.4, 0.5) is 0 Å². The van der Waals surface area contributed by atoms with Crippen molar-refractivity contribution in [1.29, 1.82) is 0 Å². The Kier molecular flexibility index (Phi) is 6.07. The van der Waals surface area contributed by atoms with Gasteiger partial charge in [0.25, 0.3) is 0 Å². The highest BCUT2D eigenvalue weighted by Gasteiger charge is 2.32. The third-order valence-corrected chi connectivity index (χ3v) is 5.72. The van der Waals surface area contributed by atoms with Crippen molar-refractivity contribution in [3.05, 3.63) is 23.8 Å². The number of carbonyl (C=O) groups is 1. The first-order chi connectivity index (χ1) is 12.5. The van der Waals surface area contributed by atoms with Gasteiger partial charge in [-0.3, -0.25) is 9.69 Å². The SMILES string of the molecule is COc1ccc([C@@H]2CCCN2CC(=O)N2C[C@@H](C)C[C@H](C)C2)c(OC)c1. The summed E-state index contributed by atoms with van der Waals surface area (Å²) >= 11 is 0. The number of methoxy groups -OCH3 is 2. The summed E-state index contributed by atoms with van der Waals surface area (Å²) in [5, 5.41) is 0. The van der Waals surface area contributed by atoms with Crippen LogP contribution in [0.5, 0.6) is 11.5 Å². The first-order valence-corrected chi connectivity index (χ1v) is 9.75. The third kappa shape index (κ3) is 4.14. The van der Waals surface area contributed by atoms with Gasteiger partial charge in [0.05, 0.1) is 20.8 Å². The Morgan fingerprint density at radius 2 is 1.88 bits per heavy atom. The number of hydrogen-bond acceptors (Lipinski definition) is 4. The molecule has 2 saturated heterocycles. The number of carbonyl (C=O) groups excluding carboxylic acids is 1. The van der Waals surface area contributed by atoms with Crippen LogP contribution in [0.15, 0.2) is 18.2 Å². The van der Waals surface area contributed by atoms with E-state index in [2.05, 4.69) is 29.7 Å². The molecule has 0 radical (unpaired) electrons. The summed E-state index contributed by atoms with van der Waals surface area (Å²) < 4.78 is 10.9. The molecule has 3 atom stereocenters. The van der Waals surface area contributed by atoms with Crippen LogP contribution in [0.3, 0.4) is 0 Å². The second-order valence-corrected chi connectivity index (χ2v) is 7.98. The van der Waals surface area contributed by atoms with E-state index in [1.54, 1.807) is 14.2 Å². The maximum atomic E-state index is 12.9. The topological polar surface area (TPSA) is 42.0 Å². The van der Waals surface area contributed by atoms with Crippen LogP contribution in [-0.2, 0) is 4.79 Å². The van der Waals surface area contributed by atoms with Gasteiger partial charge in [0, 0.05) is 30.8 Å². The highest BCUT2D eigenvalue weighted by Crippen LogP contribution is 2.38. The lowest BCUT2D eigenvalue weighted by Crippen LogP contribution is -2.46. The molecule has 0 N–H and O–H groups in total. The monoisotopic (exact) mass is 360 g/mol. The predicted molar refractivity (Wildman–Crippen MR) is 103 cm³/mol. The van der Waals surface area contributed by atoms with Gasteiger partial charge in [-0.1, -0.05) is 19.9 Å². The van der Waals surface area contributed by atoms with Gasteiger partial charge in [-0.15, -0.1) is 0 Å². The van der Waals surface area contributed by atoms with E-state index < -0.39 is 0 Å². The van der Waals surface area contributed by atoms with Crippen molar-refractivity contribution >= 4 is 5.91 Å². The van der Waals surface area contributed by atoms with E-state index in [-0.39, 0.29) is 11.9 Å². The Labute approximate surface area is 157 Å². The van der Waals surface area contributed by atoms with Crippen LogP contribution in [-0.4, -0.2) is 56.1 Å². The summed E-state index contributed by atoms with van der Waals surface area (Å²) in [5.74, 6) is 3.09. The second-order valence-electron chi connectivity index (χ2n) is 7.98. The van der Waals surface area contributed by atoms with Crippen LogP contribution in [0, 0.1) is 11.8 Å². The lowest BCUT2D eigenvalue weighted by Gasteiger charge is -2.36. The standard InChI is InChI=1S/C21H32N2O3/c1-15-10-16(2)13-23(12-15)21(24)14-22-9-5-6-19(22)18-8-7-17(25-3)11-20(18)26-4/h7-8,11,15-16,19H,5-6,9-10,12-14H2,1-4H3/t15-,16-,19-/m0/s1. The Balaban J connectivity index is 1.71. The lowest BCUT2D eigenvalue weighted by atomic mass is 9.92. The minimum absolute atomic E-state index is 0.236. The summed E-state index contributed by atoms with van der Waals surface area (Å²) in [7, 11) is 3.36. The van der Waals surface area contributed by atoms with Crippen molar-refractivity contribution < 1.29 is 14.3 Å². The minimum atomic E-state index is 0.236. The Bertz CT molecular complexity index is 624. The van der Waals surface area contributed by atoms with Crippen molar-refractivity contribution in [3.63, 3.8) is 0 Å². The molecule has 2 aliphatic rings. The fourth-order valence-electron chi connectivity index (χ4n) is 4.60. The molecule has 144 valence electrons. The number of hydrogen-bond donors (Lipinski definition) is 0. The molecule has 0 aliphatic carbocycles. The van der Waals surface area contributed by atoms with E-state index >= 15 is 0 Å². The summed E-state index contributed by atoms with van der Waals surface area (Å²) in [5.41, 5.74) is 1.15. The Morgan fingerprint density at radius 1 is 1.15 bits per heavy atom. The molecule has 26 heavy (non-hydrogen) atoms. The highest BCUT2D eigenvalue weighted by atomic mass is 16.5. The van der Waals surface area contributed by atoms with Gasteiger partial charge in [-0.05, 0) is 43.7 Å². The molecule has 0 unspecified atom stereocenters. The molecule has 2 heterocycles. The summed E-state index contributed by atoms with van der Waals surface area (Å²) in [6, 6.07) is 6.22. The largest absolute Gasteiger partial charge is 0.497 e. The molecule has 1 amide bonds. The highest BCUT2D eigenvalue weighted by molar-refractivity contribution is 5.78. The van der Waals surface area contributed by atoms with E-state index in [1.807, 2.05) is 12.1 Å². The fourth-order valence-corrected chi connectivity index (χ4v) is 4.60. The zero-order chi connectivity index (χ0) is 18.7. The summed E-state index contributed by atoms with van der Waals surface area (Å²) in [6.07, 6.45) is 3.39. The number of piperidine rings is 1. The molecule has 2 fully saturated rings. The molecule has 5 heteroatoms. The number of ether oxygens (including phenoxy) is 2. The maximum Gasteiger partial charge on any atom is 0.236 e. The molecule has 1 aromatic rings. The molecule has 0 spiro atoms. The van der Waals surface area contributed by atoms with Gasteiger partial charge in [0.15, 0.2) is 0 Å². The normalized spacial score (nSPS) is 26.8. The minimum Gasteiger partial charge on any atom is -0.497 e. The van der Waals surface area contributed by atoms with E-state index in [4.69, 9.17) is 9.47 Å². The Hall–Kier alpha value is -1.75. The van der Waals surface area contributed by atoms with Gasteiger partial charge in [0.1, 0.15) is 11.5 Å². The van der Waals surface area contributed by atoms with Crippen molar-refractivity contribution in [2.45, 2.75) is 39.2 Å². The molecule has 0 aromatic heterocycles. The van der Waals surface area contributed by atoms with Crippen molar-refractivity contribution in [1.82, 2.24) is 9.80 Å². The van der Waals surface area contributed by atoms with Crippen LogP contribution in [0.25, 0.3) is 0 Å². The average Bonchev–Trinajstić information content (AvgIpc) is 3.08. The van der Waals surface area contributed by atoms with Crippen LogP contribution in [0.1, 0.15) is 44.7 Å². The molecule has 1 aromatic carbocycles. The molecule has 5 nitrogen and oxygen atoms in total. The number of likely N-dealkylation sites (tertiary alicyclic amines) is 2. The van der Waals surface area contributed by atoms with E-state index in [9.17, 15) is 4.79 Å². The van der Waals surface area contributed by atoms with Crippen LogP contribution < -0.4 is 9.47 Å². The lowest BCUT2D eigenvalue weighted by molar-refractivity contribution is -0.135. The fraction of sp³-hybridized carbons (Fsp3) is 0.667. The molecule has 0 saturated carbocycles. The zero-order valence-corrected chi connectivity index (χ0v) is 16.5. The Morgan fingerprint density at radius 3 is 2.54 bits per heavy atom. The van der Waals surface area contributed by atoms with E-state index in [0.29, 0.717) is 18.4 Å². The maximum absolute atomic E-state index is 12.9. The number of nitrogens with zero attached hydrogens (tertiary/aromatic N) is 2. The smallest absolute Gasteiger partial charge is 0.236 e. The molecule has 0 bridgehead atoms. The molecule has 2 aliphatic heterocycles. The summed E-state index contributed by atoms with van der Waals surface area (Å²) in [4.78, 5) is 17.3. The second kappa shape index (κ2) is 8.30. The van der Waals surface area contributed by atoms with Crippen molar-refractivity contribution in [2.75, 3.05) is 40.4 Å². The van der Waals surface area contributed by atoms with Gasteiger partial charge in [0.2, 0.25) is 5.91 Å². The van der Waals surface area contributed by atoms with Gasteiger partial charge in [-0.25, -0.2) is 0 Å². The summed E-state index contributed by atoms with van der Waals surface area (Å²) in [6.45, 7) is 7.75. The van der Waals surface area contributed by atoms with Crippen molar-refractivity contribution in [2.24, 2.45) is 11.8 Å². The van der Waals surface area contributed by atoms with E-state index in [1.165, 1.54) is 6.42 Å². The number of benzene rings is 1. The van der Waals surface area contributed by atoms with Gasteiger partial charge < -0.3 is 14.4 Å². The first kappa shape index (κ1) is 19.0. The quantitative estimate of drug-likeness (QED) is 0.808. The molecular formula is C21H32N2O3. The molecule has 3 rings (SSSR count). The number of amides is 1. The van der Waals surface area contributed by atoms with Crippen molar-refractivity contribution in [3.8, 4) is 11.5 Å². The zero-order valence-electron chi connectivity index (χ0n) is 16.5. The third-order valence-electron chi connectivity index (χ3n) is 5.72. The predicted octanol–water partition coefficient (Wildman–Crippen LogP) is 3.35.